The summed E-state index contributed by atoms with van der Waals surface area (Å²) in [6, 6.07) is 9.61. The molecule has 1 aromatic heterocycles. The second-order valence-corrected chi connectivity index (χ2v) is 9.20. The number of carbonyl (C=O) groups is 2. The van der Waals surface area contributed by atoms with Crippen molar-refractivity contribution in [2.75, 3.05) is 33.9 Å². The summed E-state index contributed by atoms with van der Waals surface area (Å²) < 4.78 is 16.5. The molecule has 2 aromatic rings. The Kier molecular flexibility index (Phi) is 7.26. The number of carbonyl (C=O) groups excluding carboxylic acids is 2. The highest BCUT2D eigenvalue weighted by atomic mass is 16.5. The van der Waals surface area contributed by atoms with Crippen LogP contribution in [0.15, 0.2) is 34.7 Å². The molecule has 0 bridgehead atoms. The van der Waals surface area contributed by atoms with Gasteiger partial charge in [-0.15, -0.1) is 0 Å². The van der Waals surface area contributed by atoms with Gasteiger partial charge in [0.25, 0.3) is 0 Å². The zero-order valence-electron chi connectivity index (χ0n) is 19.8. The zero-order chi connectivity index (χ0) is 23.4. The number of hydrogen-bond acceptors (Lipinski definition) is 5. The number of methoxy groups -OCH3 is 2. The minimum absolute atomic E-state index is 0.0424. The topological polar surface area (TPSA) is 72.2 Å². The number of aryl methyl sites for hydroxylation is 1. The molecule has 4 rings (SSSR count). The molecule has 1 heterocycles. The van der Waals surface area contributed by atoms with Gasteiger partial charge in [-0.3, -0.25) is 9.59 Å². The van der Waals surface area contributed by atoms with Gasteiger partial charge in [-0.2, -0.15) is 0 Å². The molecule has 33 heavy (non-hydrogen) atoms. The Balaban J connectivity index is 1.46. The van der Waals surface area contributed by atoms with E-state index in [1.807, 2.05) is 37.3 Å². The number of hydrogen-bond donors (Lipinski definition) is 0. The molecule has 2 aliphatic carbocycles. The van der Waals surface area contributed by atoms with Crippen LogP contribution in [0.1, 0.15) is 42.8 Å². The van der Waals surface area contributed by atoms with Gasteiger partial charge in [-0.05, 0) is 74.8 Å². The molecule has 2 amide bonds. The summed E-state index contributed by atoms with van der Waals surface area (Å²) in [6.07, 6.45) is 4.85. The highest BCUT2D eigenvalue weighted by Crippen LogP contribution is 2.34. The number of ether oxygens (including phenoxy) is 2. The van der Waals surface area contributed by atoms with Crippen molar-refractivity contribution in [3.8, 4) is 11.5 Å². The molecule has 0 radical (unpaired) electrons. The van der Waals surface area contributed by atoms with Gasteiger partial charge in [0.1, 0.15) is 11.5 Å². The van der Waals surface area contributed by atoms with Crippen LogP contribution in [-0.4, -0.2) is 55.5 Å². The molecule has 0 N–H and O–H groups in total. The van der Waals surface area contributed by atoms with E-state index in [2.05, 4.69) is 0 Å². The average molecular weight is 455 g/mol. The van der Waals surface area contributed by atoms with Gasteiger partial charge >= 0.3 is 0 Å². The van der Waals surface area contributed by atoms with Gasteiger partial charge in [0.15, 0.2) is 11.5 Å². The fraction of sp³-hybridized carbons (Fsp3) is 0.538. The fourth-order valence-corrected chi connectivity index (χ4v) is 4.05. The number of furan rings is 1. The smallest absolute Gasteiger partial charge is 0.242 e. The summed E-state index contributed by atoms with van der Waals surface area (Å²) in [5.74, 6) is 3.67. The standard InChI is InChI=1S/C26H34N2O5/c1-18-4-10-22(33-18)16-27(13-12-19-7-11-23(31-2)24(14-19)32-3)25(29)17-28(15-20-5-6-20)26(30)21-8-9-21/h4,7,10-11,14,20-21H,5-6,8-9,12-13,15-17H2,1-3H3. The summed E-state index contributed by atoms with van der Waals surface area (Å²) in [5.41, 5.74) is 1.05. The highest BCUT2D eigenvalue weighted by Gasteiger charge is 2.37. The molecule has 178 valence electrons. The van der Waals surface area contributed by atoms with Crippen LogP contribution in [0.3, 0.4) is 0 Å². The Hall–Kier alpha value is -2.96. The van der Waals surface area contributed by atoms with E-state index in [1.165, 1.54) is 0 Å². The maximum atomic E-state index is 13.4. The monoisotopic (exact) mass is 454 g/mol. The summed E-state index contributed by atoms with van der Waals surface area (Å²) in [4.78, 5) is 29.8. The van der Waals surface area contributed by atoms with Gasteiger partial charge in [-0.1, -0.05) is 6.07 Å². The molecule has 1 aromatic carbocycles. The molecule has 7 heteroatoms. The summed E-state index contributed by atoms with van der Waals surface area (Å²) in [7, 11) is 3.22. The quantitative estimate of drug-likeness (QED) is 0.488. The lowest BCUT2D eigenvalue weighted by atomic mass is 10.1. The predicted octanol–water partition coefficient (Wildman–Crippen LogP) is 3.83. The van der Waals surface area contributed by atoms with E-state index in [4.69, 9.17) is 13.9 Å². The van der Waals surface area contributed by atoms with E-state index in [9.17, 15) is 9.59 Å². The van der Waals surface area contributed by atoms with E-state index in [0.29, 0.717) is 43.5 Å². The predicted molar refractivity (Wildman–Crippen MR) is 124 cm³/mol. The van der Waals surface area contributed by atoms with Crippen LogP contribution in [-0.2, 0) is 22.6 Å². The lowest BCUT2D eigenvalue weighted by molar-refractivity contribution is -0.142. The van der Waals surface area contributed by atoms with Gasteiger partial charge in [-0.25, -0.2) is 0 Å². The Morgan fingerprint density at radius 2 is 1.76 bits per heavy atom. The van der Waals surface area contributed by atoms with E-state index < -0.39 is 0 Å². The fourth-order valence-electron chi connectivity index (χ4n) is 4.05. The van der Waals surface area contributed by atoms with Crippen LogP contribution in [0.5, 0.6) is 11.5 Å². The number of benzene rings is 1. The molecule has 7 nitrogen and oxygen atoms in total. The summed E-state index contributed by atoms with van der Waals surface area (Å²) in [6.45, 7) is 3.63. The van der Waals surface area contributed by atoms with Crippen LogP contribution >= 0.6 is 0 Å². The maximum absolute atomic E-state index is 13.4. The van der Waals surface area contributed by atoms with Crippen molar-refractivity contribution in [3.63, 3.8) is 0 Å². The van der Waals surface area contributed by atoms with Crippen molar-refractivity contribution in [2.24, 2.45) is 11.8 Å². The maximum Gasteiger partial charge on any atom is 0.242 e. The van der Waals surface area contributed by atoms with E-state index in [-0.39, 0.29) is 24.3 Å². The van der Waals surface area contributed by atoms with Gasteiger partial charge in [0.05, 0.1) is 27.3 Å². The van der Waals surface area contributed by atoms with E-state index in [1.54, 1.807) is 24.0 Å². The second kappa shape index (κ2) is 10.3. The normalized spacial score (nSPS) is 15.2. The molecule has 2 fully saturated rings. The number of rotatable bonds is 12. The minimum Gasteiger partial charge on any atom is -0.493 e. The molecule has 0 aliphatic heterocycles. The van der Waals surface area contributed by atoms with Crippen molar-refractivity contribution in [1.29, 1.82) is 0 Å². The van der Waals surface area contributed by atoms with Crippen LogP contribution in [0.25, 0.3) is 0 Å². The average Bonchev–Trinajstić information content (AvgIpc) is 3.75. The van der Waals surface area contributed by atoms with Crippen LogP contribution in [0, 0.1) is 18.8 Å². The first-order valence-corrected chi connectivity index (χ1v) is 11.8. The van der Waals surface area contributed by atoms with Crippen molar-refractivity contribution >= 4 is 11.8 Å². The van der Waals surface area contributed by atoms with Crippen molar-refractivity contribution in [1.82, 2.24) is 9.80 Å². The number of nitrogens with zero attached hydrogens (tertiary/aromatic N) is 2. The molecular weight excluding hydrogens is 420 g/mol. The second-order valence-electron chi connectivity index (χ2n) is 9.20. The van der Waals surface area contributed by atoms with Gasteiger partial charge in [0.2, 0.25) is 11.8 Å². The Bertz CT molecular complexity index is 977. The largest absolute Gasteiger partial charge is 0.493 e. The van der Waals surface area contributed by atoms with E-state index in [0.717, 1.165) is 42.8 Å². The van der Waals surface area contributed by atoms with Gasteiger partial charge < -0.3 is 23.7 Å². The van der Waals surface area contributed by atoms with Crippen LogP contribution in [0.2, 0.25) is 0 Å². The SMILES string of the molecule is COc1ccc(CCN(Cc2ccc(C)o2)C(=O)CN(CC2CC2)C(=O)C2CC2)cc1OC. The van der Waals surface area contributed by atoms with Crippen LogP contribution < -0.4 is 9.47 Å². The first-order chi connectivity index (χ1) is 16.0. The first kappa shape index (κ1) is 23.2. The number of amides is 2. The molecule has 0 unspecified atom stereocenters. The zero-order valence-corrected chi connectivity index (χ0v) is 19.8. The third-order valence-corrected chi connectivity index (χ3v) is 6.35. The third kappa shape index (κ3) is 6.30. The van der Waals surface area contributed by atoms with Crippen molar-refractivity contribution < 1.29 is 23.5 Å². The highest BCUT2D eigenvalue weighted by molar-refractivity contribution is 5.87. The molecule has 0 spiro atoms. The van der Waals surface area contributed by atoms with Gasteiger partial charge in [0, 0.05) is 19.0 Å². The Labute approximate surface area is 195 Å². The Morgan fingerprint density at radius 3 is 2.36 bits per heavy atom. The van der Waals surface area contributed by atoms with Crippen molar-refractivity contribution in [2.45, 2.75) is 45.6 Å². The lowest BCUT2D eigenvalue weighted by Gasteiger charge is -2.27. The molecule has 0 atom stereocenters. The molecular formula is C26H34N2O5. The molecule has 2 aliphatic rings. The van der Waals surface area contributed by atoms with E-state index >= 15 is 0 Å². The molecule has 0 saturated heterocycles. The molecule has 2 saturated carbocycles. The lowest BCUT2D eigenvalue weighted by Crippen LogP contribution is -2.44. The first-order valence-electron chi connectivity index (χ1n) is 11.8. The summed E-state index contributed by atoms with van der Waals surface area (Å²) in [5, 5.41) is 0. The van der Waals surface area contributed by atoms with Crippen molar-refractivity contribution in [3.05, 3.63) is 47.4 Å². The minimum atomic E-state index is -0.0424. The third-order valence-electron chi connectivity index (χ3n) is 6.35. The Morgan fingerprint density at radius 1 is 1.00 bits per heavy atom. The summed E-state index contributed by atoms with van der Waals surface area (Å²) >= 11 is 0. The van der Waals surface area contributed by atoms with Crippen LogP contribution in [0.4, 0.5) is 0 Å².